The van der Waals surface area contributed by atoms with E-state index in [9.17, 15) is 0 Å². The number of hydrogen-bond donors (Lipinski definition) is 0. The highest BCUT2D eigenvalue weighted by atomic mass is 16.5. The lowest BCUT2D eigenvalue weighted by atomic mass is 10.0. The number of rotatable bonds is 14. The minimum Gasteiger partial charge on any atom is -0.497 e. The van der Waals surface area contributed by atoms with Crippen LogP contribution >= 0.6 is 0 Å². The third-order valence-electron chi connectivity index (χ3n) is 6.62. The maximum absolute atomic E-state index is 6.30. The fourth-order valence-corrected chi connectivity index (χ4v) is 4.72. The molecule has 0 aliphatic carbocycles. The van der Waals surface area contributed by atoms with Crippen molar-refractivity contribution >= 4 is 0 Å². The summed E-state index contributed by atoms with van der Waals surface area (Å²) in [5.41, 5.74) is 2.80. The van der Waals surface area contributed by atoms with Crippen LogP contribution in [0.3, 0.4) is 0 Å². The topological polar surface area (TPSA) is 57.0 Å². The van der Waals surface area contributed by atoms with Crippen molar-refractivity contribution in [3.8, 4) is 39.7 Å². The van der Waals surface area contributed by atoms with Crippen molar-refractivity contribution in [1.82, 2.24) is 10.1 Å². The number of ether oxygens (including phenoxy) is 3. The van der Waals surface area contributed by atoms with E-state index < -0.39 is 0 Å². The number of aromatic nitrogens is 1. The van der Waals surface area contributed by atoms with Crippen LogP contribution in [0.15, 0.2) is 53.2 Å². The van der Waals surface area contributed by atoms with Gasteiger partial charge in [-0.15, -0.1) is 0 Å². The predicted octanol–water partition coefficient (Wildman–Crippen LogP) is 7.23. The van der Waals surface area contributed by atoms with Gasteiger partial charge in [-0.2, -0.15) is 0 Å². The van der Waals surface area contributed by atoms with Gasteiger partial charge in [0.05, 0.1) is 31.6 Å². The average Bonchev–Trinajstić information content (AvgIpc) is 3.58. The minimum atomic E-state index is 0.0874. The van der Waals surface area contributed by atoms with E-state index in [-0.39, 0.29) is 6.10 Å². The Labute approximate surface area is 215 Å². The summed E-state index contributed by atoms with van der Waals surface area (Å²) in [5, 5.41) is 4.10. The predicted molar refractivity (Wildman–Crippen MR) is 144 cm³/mol. The monoisotopic (exact) mass is 492 g/mol. The van der Waals surface area contributed by atoms with Crippen molar-refractivity contribution in [2.45, 2.75) is 64.9 Å². The van der Waals surface area contributed by atoms with Crippen molar-refractivity contribution in [1.29, 1.82) is 0 Å². The first kappa shape index (κ1) is 26.1. The molecule has 3 aromatic rings. The van der Waals surface area contributed by atoms with E-state index >= 15 is 0 Å². The molecule has 4 rings (SSSR count). The third kappa shape index (κ3) is 7.26. The van der Waals surface area contributed by atoms with E-state index in [0.717, 1.165) is 40.4 Å². The molecule has 1 aliphatic heterocycles. The Morgan fingerprint density at radius 3 is 2.36 bits per heavy atom. The van der Waals surface area contributed by atoms with E-state index in [2.05, 4.69) is 10.1 Å². The lowest BCUT2D eigenvalue weighted by Gasteiger charge is -2.15. The van der Waals surface area contributed by atoms with Crippen molar-refractivity contribution in [2.24, 2.45) is 0 Å². The number of methoxy groups -OCH3 is 1. The molecule has 6 heteroatoms. The normalized spacial score (nSPS) is 13.9. The van der Waals surface area contributed by atoms with Gasteiger partial charge in [-0.3, -0.25) is 0 Å². The molecule has 2 heterocycles. The van der Waals surface area contributed by atoms with Crippen LogP contribution in [-0.4, -0.2) is 49.5 Å². The summed E-state index contributed by atoms with van der Waals surface area (Å²) in [6, 6.07) is 13.8. The highest BCUT2D eigenvalue weighted by Crippen LogP contribution is 2.39. The molecule has 36 heavy (non-hydrogen) atoms. The third-order valence-corrected chi connectivity index (χ3v) is 6.62. The number of benzene rings is 2. The van der Waals surface area contributed by atoms with Crippen molar-refractivity contribution in [2.75, 3.05) is 33.4 Å². The summed E-state index contributed by atoms with van der Waals surface area (Å²) < 4.78 is 23.3. The van der Waals surface area contributed by atoms with Crippen LogP contribution in [0.5, 0.6) is 17.2 Å². The van der Waals surface area contributed by atoms with Crippen LogP contribution < -0.4 is 14.2 Å². The molecular weight excluding hydrogens is 452 g/mol. The number of nitrogens with zero attached hydrogens (tertiary/aromatic N) is 2. The van der Waals surface area contributed by atoms with Crippen LogP contribution in [0.4, 0.5) is 0 Å². The van der Waals surface area contributed by atoms with Gasteiger partial charge in [-0.05, 0) is 89.0 Å². The number of hydrogen-bond acceptors (Lipinski definition) is 6. The molecule has 1 saturated heterocycles. The van der Waals surface area contributed by atoms with Crippen LogP contribution in [0.25, 0.3) is 22.5 Å². The fraction of sp³-hybridized carbons (Fsp3) is 0.500. The SMILES string of the molecule is COc1ccc(-c2cnoc2-c2ccc(OC(C)C)cc2OCCCCCCCN2CCCC2)cc1. The summed E-state index contributed by atoms with van der Waals surface area (Å²) in [4.78, 5) is 2.60. The highest BCUT2D eigenvalue weighted by Gasteiger charge is 2.19. The fourth-order valence-electron chi connectivity index (χ4n) is 4.72. The van der Waals surface area contributed by atoms with Gasteiger partial charge >= 0.3 is 0 Å². The molecule has 0 atom stereocenters. The maximum Gasteiger partial charge on any atom is 0.178 e. The van der Waals surface area contributed by atoms with Crippen LogP contribution in [0.1, 0.15) is 58.8 Å². The maximum atomic E-state index is 6.30. The van der Waals surface area contributed by atoms with E-state index in [1.54, 1.807) is 13.3 Å². The van der Waals surface area contributed by atoms with Gasteiger partial charge in [-0.25, -0.2) is 0 Å². The second-order valence-electron chi connectivity index (χ2n) is 9.79. The smallest absolute Gasteiger partial charge is 0.178 e. The molecule has 1 aliphatic rings. The van der Waals surface area contributed by atoms with Gasteiger partial charge < -0.3 is 23.6 Å². The van der Waals surface area contributed by atoms with E-state index in [0.29, 0.717) is 12.4 Å². The Morgan fingerprint density at radius 2 is 1.61 bits per heavy atom. The molecule has 0 spiro atoms. The molecule has 0 radical (unpaired) electrons. The molecule has 6 nitrogen and oxygen atoms in total. The Hall–Kier alpha value is -2.99. The molecule has 0 bridgehead atoms. The summed E-state index contributed by atoms with van der Waals surface area (Å²) in [6.45, 7) is 8.56. The lowest BCUT2D eigenvalue weighted by molar-refractivity contribution is 0.239. The second kappa shape index (κ2) is 13.4. The van der Waals surface area contributed by atoms with Crippen molar-refractivity contribution in [3.63, 3.8) is 0 Å². The van der Waals surface area contributed by atoms with Gasteiger partial charge in [-0.1, -0.05) is 36.6 Å². The summed E-state index contributed by atoms with van der Waals surface area (Å²) in [5.74, 6) is 3.05. The Bertz CT molecular complexity index is 1060. The van der Waals surface area contributed by atoms with Gasteiger partial charge in [0.15, 0.2) is 5.76 Å². The Balaban J connectivity index is 1.38. The number of unbranched alkanes of at least 4 members (excludes halogenated alkanes) is 4. The lowest BCUT2D eigenvalue weighted by Crippen LogP contribution is -2.20. The summed E-state index contributed by atoms with van der Waals surface area (Å²) >= 11 is 0. The molecule has 2 aromatic carbocycles. The second-order valence-corrected chi connectivity index (χ2v) is 9.79. The van der Waals surface area contributed by atoms with Crippen molar-refractivity contribution < 1.29 is 18.7 Å². The molecule has 1 aromatic heterocycles. The molecular formula is C30H40N2O4. The zero-order valence-corrected chi connectivity index (χ0v) is 22.0. The van der Waals surface area contributed by atoms with Gasteiger partial charge in [0.1, 0.15) is 17.2 Å². The molecule has 0 saturated carbocycles. The Kier molecular flexibility index (Phi) is 9.68. The molecule has 0 amide bonds. The highest BCUT2D eigenvalue weighted by molar-refractivity contribution is 5.82. The van der Waals surface area contributed by atoms with Gasteiger partial charge in [0, 0.05) is 11.6 Å². The van der Waals surface area contributed by atoms with E-state index in [4.69, 9.17) is 18.7 Å². The first-order chi connectivity index (χ1) is 17.6. The first-order valence-electron chi connectivity index (χ1n) is 13.4. The van der Waals surface area contributed by atoms with Crippen LogP contribution in [-0.2, 0) is 0 Å². The zero-order chi connectivity index (χ0) is 25.2. The van der Waals surface area contributed by atoms with Crippen LogP contribution in [0, 0.1) is 0 Å². The standard InChI is InChI=1S/C30H40N2O4/c1-23(2)35-26-15-16-27(30-28(22-31-36-30)24-11-13-25(33-3)14-12-24)29(21-26)34-20-10-6-4-5-7-17-32-18-8-9-19-32/h11-16,21-23H,4-10,17-20H2,1-3H3. The van der Waals surface area contributed by atoms with Gasteiger partial charge in [0.25, 0.3) is 0 Å². The van der Waals surface area contributed by atoms with Crippen molar-refractivity contribution in [3.05, 3.63) is 48.7 Å². The first-order valence-corrected chi connectivity index (χ1v) is 13.4. The van der Waals surface area contributed by atoms with Gasteiger partial charge in [0.2, 0.25) is 0 Å². The van der Waals surface area contributed by atoms with E-state index in [1.807, 2.05) is 56.3 Å². The summed E-state index contributed by atoms with van der Waals surface area (Å²) in [7, 11) is 1.67. The quantitative estimate of drug-likeness (QED) is 0.221. The molecule has 0 unspecified atom stereocenters. The minimum absolute atomic E-state index is 0.0874. The summed E-state index contributed by atoms with van der Waals surface area (Å²) in [6.07, 6.45) is 10.6. The Morgan fingerprint density at radius 1 is 0.889 bits per heavy atom. The van der Waals surface area contributed by atoms with E-state index in [1.165, 1.54) is 58.2 Å². The van der Waals surface area contributed by atoms with Crippen LogP contribution in [0.2, 0.25) is 0 Å². The number of likely N-dealkylation sites (tertiary alicyclic amines) is 1. The molecule has 1 fully saturated rings. The largest absolute Gasteiger partial charge is 0.497 e. The average molecular weight is 493 g/mol. The molecule has 194 valence electrons. The zero-order valence-electron chi connectivity index (χ0n) is 22.0. The molecule has 0 N–H and O–H groups in total.